The SMILES string of the molecule is COCc1nncn1C1CCN(S(=O)(=O)c2ccccc2)CC1. The number of benzene rings is 1. The first-order chi connectivity index (χ1) is 11.1. The molecular formula is C15H20N4O3S. The van der Waals surface area contributed by atoms with Crippen LogP contribution in [0.3, 0.4) is 0 Å². The van der Waals surface area contributed by atoms with E-state index < -0.39 is 10.0 Å². The highest BCUT2D eigenvalue weighted by Crippen LogP contribution is 2.27. The molecule has 0 saturated carbocycles. The molecule has 1 aliphatic heterocycles. The largest absolute Gasteiger partial charge is 0.377 e. The van der Waals surface area contributed by atoms with Crippen molar-refractivity contribution in [3.8, 4) is 0 Å². The minimum Gasteiger partial charge on any atom is -0.377 e. The van der Waals surface area contributed by atoms with Crippen molar-refractivity contribution < 1.29 is 13.2 Å². The molecule has 1 aliphatic rings. The van der Waals surface area contributed by atoms with Gasteiger partial charge in [0.05, 0.1) is 4.90 Å². The second-order valence-electron chi connectivity index (χ2n) is 5.54. The van der Waals surface area contributed by atoms with Gasteiger partial charge in [-0.15, -0.1) is 10.2 Å². The summed E-state index contributed by atoms with van der Waals surface area (Å²) in [4.78, 5) is 0.350. The Morgan fingerprint density at radius 1 is 1.22 bits per heavy atom. The molecule has 8 heteroatoms. The highest BCUT2D eigenvalue weighted by atomic mass is 32.2. The molecule has 23 heavy (non-hydrogen) atoms. The number of hydrogen-bond acceptors (Lipinski definition) is 5. The molecule has 3 rings (SSSR count). The molecule has 1 aromatic carbocycles. The molecule has 0 amide bonds. The zero-order chi connectivity index (χ0) is 16.3. The van der Waals surface area contributed by atoms with Crippen molar-refractivity contribution in [1.82, 2.24) is 19.1 Å². The summed E-state index contributed by atoms with van der Waals surface area (Å²) in [5, 5.41) is 7.99. The Balaban J connectivity index is 1.70. The summed E-state index contributed by atoms with van der Waals surface area (Å²) in [6.45, 7) is 1.39. The van der Waals surface area contributed by atoms with Gasteiger partial charge in [0, 0.05) is 26.2 Å². The molecule has 0 radical (unpaired) electrons. The highest BCUT2D eigenvalue weighted by Gasteiger charge is 2.30. The fraction of sp³-hybridized carbons (Fsp3) is 0.467. The summed E-state index contributed by atoms with van der Waals surface area (Å²) in [6, 6.07) is 8.78. The lowest BCUT2D eigenvalue weighted by Gasteiger charge is -2.32. The maximum Gasteiger partial charge on any atom is 0.243 e. The molecule has 0 unspecified atom stereocenters. The van der Waals surface area contributed by atoms with Gasteiger partial charge in [-0.1, -0.05) is 18.2 Å². The molecule has 0 N–H and O–H groups in total. The summed E-state index contributed by atoms with van der Waals surface area (Å²) in [5.74, 6) is 0.775. The van der Waals surface area contributed by atoms with Crippen LogP contribution in [0.2, 0.25) is 0 Å². The summed E-state index contributed by atoms with van der Waals surface area (Å²) < 4.78 is 33.9. The zero-order valence-corrected chi connectivity index (χ0v) is 13.8. The third kappa shape index (κ3) is 3.29. The van der Waals surface area contributed by atoms with E-state index in [9.17, 15) is 8.42 Å². The second-order valence-corrected chi connectivity index (χ2v) is 7.47. The molecule has 2 heterocycles. The van der Waals surface area contributed by atoms with Crippen LogP contribution >= 0.6 is 0 Å². The summed E-state index contributed by atoms with van der Waals surface area (Å²) in [5.41, 5.74) is 0. The number of hydrogen-bond donors (Lipinski definition) is 0. The van der Waals surface area contributed by atoms with Crippen LogP contribution in [-0.4, -0.2) is 47.7 Å². The Hall–Kier alpha value is -1.77. The fourth-order valence-corrected chi connectivity index (χ4v) is 4.40. The van der Waals surface area contributed by atoms with E-state index in [1.165, 1.54) is 0 Å². The van der Waals surface area contributed by atoms with Crippen LogP contribution < -0.4 is 0 Å². The number of rotatable bonds is 5. The van der Waals surface area contributed by atoms with Crippen LogP contribution in [0.4, 0.5) is 0 Å². The minimum absolute atomic E-state index is 0.206. The van der Waals surface area contributed by atoms with Crippen molar-refractivity contribution in [2.45, 2.75) is 30.4 Å². The number of aromatic nitrogens is 3. The molecule has 2 aromatic rings. The maximum absolute atomic E-state index is 12.6. The molecule has 0 atom stereocenters. The Labute approximate surface area is 135 Å². The molecule has 1 fully saturated rings. The van der Waals surface area contributed by atoms with Crippen LogP contribution in [0, 0.1) is 0 Å². The smallest absolute Gasteiger partial charge is 0.243 e. The molecule has 0 aliphatic carbocycles. The van der Waals surface area contributed by atoms with Gasteiger partial charge < -0.3 is 9.30 Å². The van der Waals surface area contributed by atoms with Crippen molar-refractivity contribution in [3.63, 3.8) is 0 Å². The van der Waals surface area contributed by atoms with Gasteiger partial charge in [0.25, 0.3) is 0 Å². The van der Waals surface area contributed by atoms with Crippen LogP contribution in [0.15, 0.2) is 41.6 Å². The minimum atomic E-state index is -3.41. The van der Waals surface area contributed by atoms with E-state index in [0.717, 1.165) is 18.7 Å². The molecule has 124 valence electrons. The van der Waals surface area contributed by atoms with Crippen molar-refractivity contribution in [2.75, 3.05) is 20.2 Å². The highest BCUT2D eigenvalue weighted by molar-refractivity contribution is 7.89. The Kier molecular flexibility index (Phi) is 4.74. The van der Waals surface area contributed by atoms with Crippen molar-refractivity contribution in [2.24, 2.45) is 0 Å². The molecule has 1 aromatic heterocycles. The van der Waals surface area contributed by atoms with Gasteiger partial charge in [0.2, 0.25) is 10.0 Å². The first-order valence-electron chi connectivity index (χ1n) is 7.55. The third-order valence-corrected chi connectivity index (χ3v) is 6.03. The normalized spacial score (nSPS) is 17.4. The average Bonchev–Trinajstić information content (AvgIpc) is 3.04. The second kappa shape index (κ2) is 6.77. The quantitative estimate of drug-likeness (QED) is 0.826. The lowest BCUT2D eigenvalue weighted by Crippen LogP contribution is -2.39. The predicted octanol–water partition coefficient (Wildman–Crippen LogP) is 1.45. The first-order valence-corrected chi connectivity index (χ1v) is 8.99. The van der Waals surface area contributed by atoms with Gasteiger partial charge in [-0.3, -0.25) is 0 Å². The van der Waals surface area contributed by atoms with Crippen molar-refractivity contribution in [1.29, 1.82) is 0 Å². The average molecular weight is 336 g/mol. The van der Waals surface area contributed by atoms with Crippen LogP contribution in [0.1, 0.15) is 24.7 Å². The molecule has 7 nitrogen and oxygen atoms in total. The van der Waals surface area contributed by atoms with Gasteiger partial charge in [0.15, 0.2) is 5.82 Å². The Morgan fingerprint density at radius 3 is 2.57 bits per heavy atom. The van der Waals surface area contributed by atoms with Gasteiger partial charge in [-0.05, 0) is 25.0 Å². The van der Waals surface area contributed by atoms with Gasteiger partial charge in [-0.25, -0.2) is 8.42 Å². The molecule has 0 spiro atoms. The van der Waals surface area contributed by atoms with Crippen molar-refractivity contribution >= 4 is 10.0 Å². The summed E-state index contributed by atoms with van der Waals surface area (Å²) >= 11 is 0. The number of nitrogens with zero attached hydrogens (tertiary/aromatic N) is 4. The first kappa shape index (κ1) is 16.1. The zero-order valence-electron chi connectivity index (χ0n) is 13.0. The number of ether oxygens (including phenoxy) is 1. The van der Waals surface area contributed by atoms with E-state index in [1.807, 2.05) is 10.6 Å². The topological polar surface area (TPSA) is 77.3 Å². The molecular weight excluding hydrogens is 316 g/mol. The fourth-order valence-electron chi connectivity index (χ4n) is 2.91. The summed E-state index contributed by atoms with van der Waals surface area (Å²) in [7, 11) is -1.79. The van der Waals surface area contributed by atoms with Crippen LogP contribution in [0.5, 0.6) is 0 Å². The van der Waals surface area contributed by atoms with E-state index in [1.54, 1.807) is 42.0 Å². The summed E-state index contributed by atoms with van der Waals surface area (Å²) in [6.07, 6.45) is 3.17. The third-order valence-electron chi connectivity index (χ3n) is 4.12. The lowest BCUT2D eigenvalue weighted by molar-refractivity contribution is 0.167. The maximum atomic E-state index is 12.6. The van der Waals surface area contributed by atoms with Crippen LogP contribution in [-0.2, 0) is 21.4 Å². The van der Waals surface area contributed by atoms with E-state index in [2.05, 4.69) is 10.2 Å². The molecule has 0 bridgehead atoms. The monoisotopic (exact) mass is 336 g/mol. The van der Waals surface area contributed by atoms with E-state index >= 15 is 0 Å². The van der Waals surface area contributed by atoms with E-state index in [4.69, 9.17) is 4.74 Å². The van der Waals surface area contributed by atoms with Gasteiger partial charge in [-0.2, -0.15) is 4.31 Å². The van der Waals surface area contributed by atoms with E-state index in [0.29, 0.717) is 24.6 Å². The Bertz CT molecular complexity index is 737. The van der Waals surface area contributed by atoms with E-state index in [-0.39, 0.29) is 6.04 Å². The van der Waals surface area contributed by atoms with Gasteiger partial charge in [0.1, 0.15) is 12.9 Å². The predicted molar refractivity (Wildman–Crippen MR) is 84.2 cm³/mol. The van der Waals surface area contributed by atoms with Crippen LogP contribution in [0.25, 0.3) is 0 Å². The number of methoxy groups -OCH3 is 1. The van der Waals surface area contributed by atoms with Gasteiger partial charge >= 0.3 is 0 Å². The lowest BCUT2D eigenvalue weighted by atomic mass is 10.1. The number of sulfonamides is 1. The number of piperidine rings is 1. The van der Waals surface area contributed by atoms with Crippen molar-refractivity contribution in [3.05, 3.63) is 42.5 Å². The molecule has 1 saturated heterocycles. The Morgan fingerprint density at radius 2 is 1.91 bits per heavy atom. The standard InChI is InChI=1S/C15H20N4O3S/c1-22-11-15-17-16-12-19(15)13-7-9-18(10-8-13)23(20,21)14-5-3-2-4-6-14/h2-6,12-13H,7-11H2,1H3.